The van der Waals surface area contributed by atoms with Crippen LogP contribution >= 0.6 is 0 Å². The molecule has 19 heavy (non-hydrogen) atoms. The Morgan fingerprint density at radius 3 is 2.58 bits per heavy atom. The largest absolute Gasteiger partial charge is 0.463 e. The molecule has 4 heteroatoms. The summed E-state index contributed by atoms with van der Waals surface area (Å²) in [7, 11) is 2.91. The predicted molar refractivity (Wildman–Crippen MR) is 70.4 cm³/mol. The predicted octanol–water partition coefficient (Wildman–Crippen LogP) is 2.61. The Morgan fingerprint density at radius 1 is 1.32 bits per heavy atom. The number of hydrogen-bond acceptors (Lipinski definition) is 4. The molecule has 0 bridgehead atoms. The zero-order valence-electron chi connectivity index (χ0n) is 11.4. The Balaban J connectivity index is 2.35. The fourth-order valence-electron chi connectivity index (χ4n) is 2.20. The van der Waals surface area contributed by atoms with Crippen molar-refractivity contribution in [3.05, 3.63) is 47.7 Å². The first kappa shape index (κ1) is 13.6. The van der Waals surface area contributed by atoms with Crippen LogP contribution < -0.4 is 0 Å². The average molecular weight is 262 g/mol. The Kier molecular flexibility index (Phi) is 3.90. The molecule has 4 nitrogen and oxygen atoms in total. The molecule has 0 amide bonds. The molecule has 0 saturated carbocycles. The molecule has 2 rings (SSSR count). The second-order valence-corrected chi connectivity index (χ2v) is 4.68. The van der Waals surface area contributed by atoms with Gasteiger partial charge in [-0.05, 0) is 11.6 Å². The van der Waals surface area contributed by atoms with Crippen LogP contribution in [0.3, 0.4) is 0 Å². The van der Waals surface area contributed by atoms with Gasteiger partial charge in [-0.2, -0.15) is 0 Å². The standard InChI is InChI=1S/C15H18O4/c1-15(18-3)10-12(11-7-5-4-6-8-11)9-13(19-15)14(16)17-2/h4-9,12H,10H2,1-3H3/t12?,15-/m0/s1. The van der Waals surface area contributed by atoms with Gasteiger partial charge in [0.25, 0.3) is 0 Å². The van der Waals surface area contributed by atoms with Crippen molar-refractivity contribution in [1.29, 1.82) is 0 Å². The van der Waals surface area contributed by atoms with E-state index in [1.54, 1.807) is 13.2 Å². The molecule has 0 fully saturated rings. The van der Waals surface area contributed by atoms with Crippen LogP contribution in [-0.2, 0) is 19.0 Å². The summed E-state index contributed by atoms with van der Waals surface area (Å²) in [5.74, 6) is -1.04. The number of allylic oxidation sites excluding steroid dienone is 1. The monoisotopic (exact) mass is 262 g/mol. The number of ether oxygens (including phenoxy) is 3. The number of rotatable bonds is 3. The lowest BCUT2D eigenvalue weighted by Gasteiger charge is -2.36. The van der Waals surface area contributed by atoms with E-state index in [2.05, 4.69) is 0 Å². The van der Waals surface area contributed by atoms with Gasteiger partial charge in [0.15, 0.2) is 0 Å². The molecular formula is C15H18O4. The lowest BCUT2D eigenvalue weighted by atomic mass is 9.89. The minimum atomic E-state index is -0.821. The van der Waals surface area contributed by atoms with E-state index in [4.69, 9.17) is 14.2 Å². The van der Waals surface area contributed by atoms with Crippen molar-refractivity contribution in [1.82, 2.24) is 0 Å². The van der Waals surface area contributed by atoms with Gasteiger partial charge in [-0.1, -0.05) is 30.3 Å². The van der Waals surface area contributed by atoms with Crippen molar-refractivity contribution in [2.24, 2.45) is 0 Å². The number of carbonyl (C=O) groups excluding carboxylic acids is 1. The summed E-state index contributed by atoms with van der Waals surface area (Å²) in [5.41, 5.74) is 1.12. The van der Waals surface area contributed by atoms with E-state index in [1.807, 2.05) is 37.3 Å². The summed E-state index contributed by atoms with van der Waals surface area (Å²) in [6, 6.07) is 9.96. The van der Waals surface area contributed by atoms with Crippen LogP contribution in [0.2, 0.25) is 0 Å². The van der Waals surface area contributed by atoms with Gasteiger partial charge >= 0.3 is 5.97 Å². The van der Waals surface area contributed by atoms with E-state index in [1.165, 1.54) is 7.11 Å². The number of carbonyl (C=O) groups is 1. The first-order valence-corrected chi connectivity index (χ1v) is 6.17. The third-order valence-corrected chi connectivity index (χ3v) is 3.32. The van der Waals surface area contributed by atoms with E-state index < -0.39 is 11.8 Å². The molecule has 1 unspecified atom stereocenters. The summed E-state index contributed by atoms with van der Waals surface area (Å²) in [5, 5.41) is 0. The molecule has 0 N–H and O–H groups in total. The first-order chi connectivity index (χ1) is 9.08. The normalized spacial score (nSPS) is 26.3. The number of methoxy groups -OCH3 is 2. The molecule has 0 aliphatic carbocycles. The Labute approximate surface area is 113 Å². The Hall–Kier alpha value is -1.81. The minimum absolute atomic E-state index is 0.0639. The highest BCUT2D eigenvalue weighted by Gasteiger charge is 2.37. The molecular weight excluding hydrogens is 244 g/mol. The van der Waals surface area contributed by atoms with Gasteiger partial charge < -0.3 is 14.2 Å². The van der Waals surface area contributed by atoms with Crippen LogP contribution in [0.4, 0.5) is 0 Å². The molecule has 0 saturated heterocycles. The minimum Gasteiger partial charge on any atom is -0.463 e. The molecule has 102 valence electrons. The van der Waals surface area contributed by atoms with Crippen molar-refractivity contribution >= 4 is 5.97 Å². The van der Waals surface area contributed by atoms with Gasteiger partial charge in [0.05, 0.1) is 7.11 Å². The van der Waals surface area contributed by atoms with Crippen LogP contribution in [0, 0.1) is 0 Å². The van der Waals surface area contributed by atoms with Crippen LogP contribution in [0.25, 0.3) is 0 Å². The van der Waals surface area contributed by atoms with Gasteiger partial charge in [-0.25, -0.2) is 4.79 Å². The topological polar surface area (TPSA) is 44.8 Å². The second kappa shape index (κ2) is 5.45. The van der Waals surface area contributed by atoms with Crippen molar-refractivity contribution in [3.63, 3.8) is 0 Å². The van der Waals surface area contributed by atoms with E-state index in [-0.39, 0.29) is 11.7 Å². The maximum Gasteiger partial charge on any atom is 0.373 e. The SMILES string of the molecule is COC(=O)C1=CC(c2ccccc2)C[C@@](C)(OC)O1. The first-order valence-electron chi connectivity index (χ1n) is 6.17. The average Bonchev–Trinajstić information content (AvgIpc) is 2.46. The van der Waals surface area contributed by atoms with Crippen LogP contribution in [0.1, 0.15) is 24.8 Å². The molecule has 1 aromatic carbocycles. The molecule has 1 aliphatic rings. The van der Waals surface area contributed by atoms with E-state index in [9.17, 15) is 4.79 Å². The van der Waals surface area contributed by atoms with Crippen molar-refractivity contribution in [3.8, 4) is 0 Å². The molecule has 1 aliphatic heterocycles. The van der Waals surface area contributed by atoms with Gasteiger partial charge in [0, 0.05) is 26.4 Å². The van der Waals surface area contributed by atoms with Crippen LogP contribution in [0.5, 0.6) is 0 Å². The number of hydrogen-bond donors (Lipinski definition) is 0. The van der Waals surface area contributed by atoms with E-state index in [0.29, 0.717) is 6.42 Å². The number of esters is 1. The molecule has 0 aromatic heterocycles. The maximum atomic E-state index is 11.7. The quantitative estimate of drug-likeness (QED) is 0.785. The fourth-order valence-corrected chi connectivity index (χ4v) is 2.20. The Bertz CT molecular complexity index is 480. The van der Waals surface area contributed by atoms with Gasteiger partial charge in [-0.15, -0.1) is 0 Å². The maximum absolute atomic E-state index is 11.7. The summed E-state index contributed by atoms with van der Waals surface area (Å²) in [4.78, 5) is 11.7. The smallest absolute Gasteiger partial charge is 0.373 e. The van der Waals surface area contributed by atoms with Crippen molar-refractivity contribution < 1.29 is 19.0 Å². The Morgan fingerprint density at radius 2 is 2.00 bits per heavy atom. The van der Waals surface area contributed by atoms with Gasteiger partial charge in [0.1, 0.15) is 0 Å². The molecule has 2 atom stereocenters. The third-order valence-electron chi connectivity index (χ3n) is 3.32. The summed E-state index contributed by atoms with van der Waals surface area (Å²) in [6.45, 7) is 1.82. The summed E-state index contributed by atoms with van der Waals surface area (Å²) < 4.78 is 15.7. The third kappa shape index (κ3) is 2.96. The zero-order valence-corrected chi connectivity index (χ0v) is 11.4. The lowest BCUT2D eigenvalue weighted by Crippen LogP contribution is -2.37. The molecule has 0 radical (unpaired) electrons. The zero-order chi connectivity index (χ0) is 13.9. The van der Waals surface area contributed by atoms with Gasteiger partial charge in [0.2, 0.25) is 11.5 Å². The van der Waals surface area contributed by atoms with E-state index in [0.717, 1.165) is 5.56 Å². The fraction of sp³-hybridized carbons (Fsp3) is 0.400. The summed E-state index contributed by atoms with van der Waals surface area (Å²) in [6.07, 6.45) is 2.44. The van der Waals surface area contributed by atoms with Crippen molar-refractivity contribution in [2.75, 3.05) is 14.2 Å². The lowest BCUT2D eigenvalue weighted by molar-refractivity contribution is -0.204. The highest BCUT2D eigenvalue weighted by Crippen LogP contribution is 2.37. The highest BCUT2D eigenvalue weighted by atomic mass is 16.7. The van der Waals surface area contributed by atoms with Crippen LogP contribution in [0.15, 0.2) is 42.2 Å². The van der Waals surface area contributed by atoms with Crippen molar-refractivity contribution in [2.45, 2.75) is 25.0 Å². The molecule has 1 heterocycles. The second-order valence-electron chi connectivity index (χ2n) is 4.68. The van der Waals surface area contributed by atoms with E-state index >= 15 is 0 Å². The van der Waals surface area contributed by atoms with Gasteiger partial charge in [-0.3, -0.25) is 0 Å². The summed E-state index contributed by atoms with van der Waals surface area (Å²) >= 11 is 0. The number of benzene rings is 1. The van der Waals surface area contributed by atoms with Crippen LogP contribution in [-0.4, -0.2) is 26.0 Å². The molecule has 0 spiro atoms. The highest BCUT2D eigenvalue weighted by molar-refractivity contribution is 5.86. The molecule has 1 aromatic rings.